The molecule has 90 valence electrons. The zero-order chi connectivity index (χ0) is 12.6. The number of hydrogen-bond donors (Lipinski definition) is 0. The summed E-state index contributed by atoms with van der Waals surface area (Å²) in [4.78, 5) is 25.7. The van der Waals surface area contributed by atoms with E-state index in [4.69, 9.17) is 0 Å². The van der Waals surface area contributed by atoms with Crippen molar-refractivity contribution in [2.24, 2.45) is 0 Å². The van der Waals surface area contributed by atoms with Gasteiger partial charge in [0.15, 0.2) is 0 Å². The number of amides is 1. The third-order valence-corrected chi connectivity index (χ3v) is 2.95. The molecule has 0 radical (unpaired) electrons. The molecule has 1 aliphatic rings. The molecule has 6 heteroatoms. The first kappa shape index (κ1) is 11.4. The largest absolute Gasteiger partial charge is 0.372 e. The van der Waals surface area contributed by atoms with E-state index in [0.717, 1.165) is 0 Å². The Labute approximate surface area is 98.6 Å². The van der Waals surface area contributed by atoms with Gasteiger partial charge in [-0.2, -0.15) is 0 Å². The van der Waals surface area contributed by atoms with Gasteiger partial charge in [-0.05, 0) is 6.07 Å². The van der Waals surface area contributed by atoms with Crippen LogP contribution in [0.1, 0.15) is 10.4 Å². The van der Waals surface area contributed by atoms with E-state index in [1.54, 1.807) is 11.9 Å². The van der Waals surface area contributed by atoms with E-state index in [0.29, 0.717) is 24.3 Å². The van der Waals surface area contributed by atoms with Crippen molar-refractivity contribution >= 4 is 17.3 Å². The highest BCUT2D eigenvalue weighted by molar-refractivity contribution is 6.00. The first-order valence-electron chi connectivity index (χ1n) is 5.26. The number of benzene rings is 1. The molecular formula is C11H13N3O3. The van der Waals surface area contributed by atoms with Crippen molar-refractivity contribution in [2.75, 3.05) is 32.1 Å². The van der Waals surface area contributed by atoms with E-state index >= 15 is 0 Å². The minimum atomic E-state index is -0.451. The lowest BCUT2D eigenvalue weighted by atomic mass is 10.1. The van der Waals surface area contributed by atoms with Crippen LogP contribution in [-0.4, -0.2) is 42.9 Å². The molecule has 0 fully saturated rings. The average Bonchev–Trinajstić information content (AvgIpc) is 2.42. The standard InChI is InChI=1S/C11H13N3O3/c1-12-5-6-13(2)11(15)9-4-3-8(14(16)17)7-10(9)12/h3-4,7H,5-6H2,1-2H3. The molecule has 0 saturated heterocycles. The second kappa shape index (κ2) is 4.04. The van der Waals surface area contributed by atoms with E-state index in [2.05, 4.69) is 0 Å². The molecule has 1 amide bonds. The third-order valence-electron chi connectivity index (χ3n) is 2.95. The zero-order valence-corrected chi connectivity index (χ0v) is 9.71. The van der Waals surface area contributed by atoms with Gasteiger partial charge in [0.05, 0.1) is 16.2 Å². The summed E-state index contributed by atoms with van der Waals surface area (Å²) >= 11 is 0. The summed E-state index contributed by atoms with van der Waals surface area (Å²) < 4.78 is 0. The maximum absolute atomic E-state index is 12.0. The number of non-ortho nitro benzene ring substituents is 1. The number of nitrogens with zero attached hydrogens (tertiary/aromatic N) is 3. The lowest BCUT2D eigenvalue weighted by Crippen LogP contribution is -2.29. The van der Waals surface area contributed by atoms with Crippen LogP contribution in [0.3, 0.4) is 0 Å². The summed E-state index contributed by atoms with van der Waals surface area (Å²) in [7, 11) is 3.56. The number of hydrogen-bond acceptors (Lipinski definition) is 4. The SMILES string of the molecule is CN1CCN(C)c2cc([N+](=O)[O-])ccc2C1=O. The first-order valence-corrected chi connectivity index (χ1v) is 5.26. The highest BCUT2D eigenvalue weighted by atomic mass is 16.6. The summed E-state index contributed by atoms with van der Waals surface area (Å²) in [5.41, 5.74) is 1.14. The fourth-order valence-electron chi connectivity index (χ4n) is 1.86. The predicted octanol–water partition coefficient (Wildman–Crippen LogP) is 1.12. The van der Waals surface area contributed by atoms with Crippen molar-refractivity contribution in [3.05, 3.63) is 33.9 Å². The van der Waals surface area contributed by atoms with E-state index in [9.17, 15) is 14.9 Å². The van der Waals surface area contributed by atoms with Crippen LogP contribution >= 0.6 is 0 Å². The summed E-state index contributed by atoms with van der Waals surface area (Å²) in [5.74, 6) is -0.0979. The van der Waals surface area contributed by atoms with Crippen LogP contribution in [0.4, 0.5) is 11.4 Å². The monoisotopic (exact) mass is 235 g/mol. The zero-order valence-electron chi connectivity index (χ0n) is 9.71. The number of rotatable bonds is 1. The Balaban J connectivity index is 2.55. The lowest BCUT2D eigenvalue weighted by Gasteiger charge is -2.17. The number of fused-ring (bicyclic) bond motifs is 1. The van der Waals surface area contributed by atoms with Crippen LogP contribution in [0.5, 0.6) is 0 Å². The quantitative estimate of drug-likeness (QED) is 0.540. The van der Waals surface area contributed by atoms with Crippen LogP contribution in [0.15, 0.2) is 18.2 Å². The molecule has 0 aliphatic carbocycles. The smallest absolute Gasteiger partial charge is 0.271 e. The van der Waals surface area contributed by atoms with E-state index in [-0.39, 0.29) is 11.6 Å². The van der Waals surface area contributed by atoms with E-state index < -0.39 is 4.92 Å². The molecular weight excluding hydrogens is 222 g/mol. The van der Waals surface area contributed by atoms with Crippen molar-refractivity contribution in [1.29, 1.82) is 0 Å². The first-order chi connectivity index (χ1) is 8.00. The van der Waals surface area contributed by atoms with Gasteiger partial charge in [0.25, 0.3) is 11.6 Å². The maximum Gasteiger partial charge on any atom is 0.271 e. The van der Waals surface area contributed by atoms with E-state index in [1.807, 2.05) is 11.9 Å². The van der Waals surface area contributed by atoms with Crippen molar-refractivity contribution in [3.63, 3.8) is 0 Å². The van der Waals surface area contributed by atoms with Crippen LogP contribution in [0.2, 0.25) is 0 Å². The normalized spacial score (nSPS) is 15.5. The molecule has 0 saturated carbocycles. The van der Waals surface area contributed by atoms with Crippen molar-refractivity contribution in [2.45, 2.75) is 0 Å². The van der Waals surface area contributed by atoms with Gasteiger partial charge in [0.2, 0.25) is 0 Å². The molecule has 0 aromatic heterocycles. The van der Waals surface area contributed by atoms with Gasteiger partial charge >= 0.3 is 0 Å². The number of anilines is 1. The van der Waals surface area contributed by atoms with Gasteiger partial charge in [-0.1, -0.05) is 0 Å². The van der Waals surface area contributed by atoms with Gasteiger partial charge in [-0.15, -0.1) is 0 Å². The number of nitro benzene ring substituents is 1. The van der Waals surface area contributed by atoms with Crippen molar-refractivity contribution < 1.29 is 9.72 Å². The fraction of sp³-hybridized carbons (Fsp3) is 0.364. The van der Waals surface area contributed by atoms with E-state index in [1.165, 1.54) is 18.2 Å². The topological polar surface area (TPSA) is 66.7 Å². The second-order valence-corrected chi connectivity index (χ2v) is 4.11. The van der Waals surface area contributed by atoms with Gasteiger partial charge in [-0.3, -0.25) is 14.9 Å². The Kier molecular flexibility index (Phi) is 2.71. The van der Waals surface area contributed by atoms with Crippen LogP contribution in [0.25, 0.3) is 0 Å². The summed E-state index contributed by atoms with van der Waals surface area (Å²) in [6.07, 6.45) is 0. The highest BCUT2D eigenvalue weighted by Gasteiger charge is 2.24. The Morgan fingerprint density at radius 1 is 1.24 bits per heavy atom. The second-order valence-electron chi connectivity index (χ2n) is 4.11. The number of nitro groups is 1. The molecule has 6 nitrogen and oxygen atoms in total. The summed E-state index contributed by atoms with van der Waals surface area (Å²) in [5, 5.41) is 10.7. The van der Waals surface area contributed by atoms with Gasteiger partial charge < -0.3 is 9.80 Å². The molecule has 0 spiro atoms. The van der Waals surface area contributed by atoms with Gasteiger partial charge in [-0.25, -0.2) is 0 Å². The van der Waals surface area contributed by atoms with Gasteiger partial charge in [0, 0.05) is 39.3 Å². The molecule has 1 aromatic rings. The van der Waals surface area contributed by atoms with Crippen LogP contribution in [0, 0.1) is 10.1 Å². The molecule has 2 rings (SSSR count). The lowest BCUT2D eigenvalue weighted by molar-refractivity contribution is -0.384. The predicted molar refractivity (Wildman–Crippen MR) is 63.3 cm³/mol. The molecule has 1 heterocycles. The van der Waals surface area contributed by atoms with Crippen LogP contribution < -0.4 is 4.90 Å². The third kappa shape index (κ3) is 1.93. The summed E-state index contributed by atoms with van der Waals surface area (Å²) in [6, 6.07) is 4.34. The maximum atomic E-state index is 12.0. The molecule has 0 unspecified atom stereocenters. The van der Waals surface area contributed by atoms with Crippen molar-refractivity contribution in [1.82, 2.24) is 4.90 Å². The molecule has 1 aromatic carbocycles. The average molecular weight is 235 g/mol. The minimum absolute atomic E-state index is 0.00736. The number of likely N-dealkylation sites (N-methyl/N-ethyl adjacent to an activating group) is 2. The molecule has 0 bridgehead atoms. The molecule has 0 N–H and O–H groups in total. The summed E-state index contributed by atoms with van der Waals surface area (Å²) in [6.45, 7) is 1.27. The number of carbonyl (C=O) groups excluding carboxylic acids is 1. The number of carbonyl (C=O) groups is 1. The highest BCUT2D eigenvalue weighted by Crippen LogP contribution is 2.27. The Morgan fingerprint density at radius 2 is 1.88 bits per heavy atom. The van der Waals surface area contributed by atoms with Gasteiger partial charge in [0.1, 0.15) is 0 Å². The van der Waals surface area contributed by atoms with Crippen molar-refractivity contribution in [3.8, 4) is 0 Å². The Hall–Kier alpha value is -2.11. The molecule has 17 heavy (non-hydrogen) atoms. The molecule has 1 aliphatic heterocycles. The minimum Gasteiger partial charge on any atom is -0.372 e. The Morgan fingerprint density at radius 3 is 2.53 bits per heavy atom. The molecule has 0 atom stereocenters. The fourth-order valence-corrected chi connectivity index (χ4v) is 1.86. The Bertz CT molecular complexity index is 487. The van der Waals surface area contributed by atoms with Crippen LogP contribution in [-0.2, 0) is 0 Å².